The Morgan fingerprint density at radius 2 is 1.61 bits per heavy atom. The number of aliphatic hydroxyl groups is 1. The van der Waals surface area contributed by atoms with Gasteiger partial charge in [0.1, 0.15) is 23.6 Å². The Hall–Kier alpha value is -1.33. The zero-order chi connectivity index (χ0) is 13.3. The molecule has 2 rings (SSSR count). The second kappa shape index (κ2) is 5.12. The van der Waals surface area contributed by atoms with E-state index in [0.717, 1.165) is 24.3 Å². The SMILES string of the molecule is OC(c1ccc(F)c(Br)c1)c1cc(F)ccc1F. The van der Waals surface area contributed by atoms with Gasteiger partial charge in [-0.05, 0) is 51.8 Å². The molecule has 0 spiro atoms. The van der Waals surface area contributed by atoms with Crippen molar-refractivity contribution < 1.29 is 18.3 Å². The molecular formula is C13H8BrF3O. The van der Waals surface area contributed by atoms with Crippen molar-refractivity contribution in [2.75, 3.05) is 0 Å². The summed E-state index contributed by atoms with van der Waals surface area (Å²) < 4.78 is 39.7. The van der Waals surface area contributed by atoms with Crippen molar-refractivity contribution in [2.24, 2.45) is 0 Å². The molecule has 1 N–H and O–H groups in total. The maximum atomic E-state index is 13.5. The maximum Gasteiger partial charge on any atom is 0.137 e. The minimum Gasteiger partial charge on any atom is -0.384 e. The van der Waals surface area contributed by atoms with Gasteiger partial charge in [-0.25, -0.2) is 13.2 Å². The van der Waals surface area contributed by atoms with Gasteiger partial charge < -0.3 is 5.11 Å². The Balaban J connectivity index is 2.44. The second-order valence-electron chi connectivity index (χ2n) is 3.74. The van der Waals surface area contributed by atoms with Crippen molar-refractivity contribution in [1.29, 1.82) is 0 Å². The van der Waals surface area contributed by atoms with Crippen LogP contribution in [0, 0.1) is 17.5 Å². The molecule has 2 aromatic rings. The van der Waals surface area contributed by atoms with Crippen LogP contribution in [0.5, 0.6) is 0 Å². The van der Waals surface area contributed by atoms with Crippen molar-refractivity contribution in [3.8, 4) is 0 Å². The molecule has 18 heavy (non-hydrogen) atoms. The van der Waals surface area contributed by atoms with Gasteiger partial charge in [-0.1, -0.05) is 6.07 Å². The van der Waals surface area contributed by atoms with Gasteiger partial charge in [0.05, 0.1) is 4.47 Å². The van der Waals surface area contributed by atoms with Crippen LogP contribution in [-0.2, 0) is 0 Å². The zero-order valence-corrected chi connectivity index (χ0v) is 10.6. The van der Waals surface area contributed by atoms with E-state index in [0.29, 0.717) is 0 Å². The predicted molar refractivity (Wildman–Crippen MR) is 64.5 cm³/mol. The van der Waals surface area contributed by atoms with Crippen molar-refractivity contribution in [1.82, 2.24) is 0 Å². The van der Waals surface area contributed by atoms with Gasteiger partial charge in [0.2, 0.25) is 0 Å². The fourth-order valence-corrected chi connectivity index (χ4v) is 1.98. The number of halogens is 4. The summed E-state index contributed by atoms with van der Waals surface area (Å²) in [6.07, 6.45) is -1.35. The third-order valence-corrected chi connectivity index (χ3v) is 3.12. The van der Waals surface area contributed by atoms with Gasteiger partial charge in [0, 0.05) is 5.56 Å². The summed E-state index contributed by atoms with van der Waals surface area (Å²) in [5.41, 5.74) is 0.0845. The van der Waals surface area contributed by atoms with Crippen LogP contribution in [0.15, 0.2) is 40.9 Å². The van der Waals surface area contributed by atoms with Crippen LogP contribution in [0.3, 0.4) is 0 Å². The topological polar surface area (TPSA) is 20.2 Å². The monoisotopic (exact) mass is 316 g/mol. The molecule has 0 saturated carbocycles. The van der Waals surface area contributed by atoms with Gasteiger partial charge in [0.15, 0.2) is 0 Å². The quantitative estimate of drug-likeness (QED) is 0.889. The highest BCUT2D eigenvalue weighted by molar-refractivity contribution is 9.10. The van der Waals surface area contributed by atoms with Crippen LogP contribution in [0.1, 0.15) is 17.2 Å². The predicted octanol–water partition coefficient (Wildman–Crippen LogP) is 3.95. The summed E-state index contributed by atoms with van der Waals surface area (Å²) in [4.78, 5) is 0. The third-order valence-electron chi connectivity index (χ3n) is 2.51. The molecule has 0 heterocycles. The van der Waals surface area contributed by atoms with Crippen molar-refractivity contribution in [3.05, 3.63) is 69.4 Å². The lowest BCUT2D eigenvalue weighted by molar-refractivity contribution is 0.214. The van der Waals surface area contributed by atoms with Crippen LogP contribution in [0.4, 0.5) is 13.2 Å². The molecule has 0 aliphatic rings. The molecule has 0 radical (unpaired) electrons. The van der Waals surface area contributed by atoms with Crippen LogP contribution >= 0.6 is 15.9 Å². The van der Waals surface area contributed by atoms with Crippen LogP contribution in [-0.4, -0.2) is 5.11 Å². The van der Waals surface area contributed by atoms with Crippen LogP contribution < -0.4 is 0 Å². The summed E-state index contributed by atoms with van der Waals surface area (Å²) in [7, 11) is 0. The number of rotatable bonds is 2. The van der Waals surface area contributed by atoms with E-state index in [2.05, 4.69) is 15.9 Å². The van der Waals surface area contributed by atoms with Gasteiger partial charge in [-0.3, -0.25) is 0 Å². The lowest BCUT2D eigenvalue weighted by atomic mass is 10.0. The first-order valence-electron chi connectivity index (χ1n) is 5.07. The summed E-state index contributed by atoms with van der Waals surface area (Å²) in [6.45, 7) is 0. The highest BCUT2D eigenvalue weighted by Crippen LogP contribution is 2.28. The van der Waals surface area contributed by atoms with E-state index in [9.17, 15) is 18.3 Å². The third kappa shape index (κ3) is 2.57. The molecule has 1 nitrogen and oxygen atoms in total. The molecule has 2 aromatic carbocycles. The molecule has 0 saturated heterocycles. The average Bonchev–Trinajstić information content (AvgIpc) is 2.35. The van der Waals surface area contributed by atoms with Gasteiger partial charge in [-0.15, -0.1) is 0 Å². The fourth-order valence-electron chi connectivity index (χ4n) is 1.59. The summed E-state index contributed by atoms with van der Waals surface area (Å²) in [6, 6.07) is 6.59. The van der Waals surface area contributed by atoms with Gasteiger partial charge in [-0.2, -0.15) is 0 Å². The van der Waals surface area contributed by atoms with E-state index in [1.807, 2.05) is 0 Å². The summed E-state index contributed by atoms with van der Waals surface area (Å²) in [5.74, 6) is -1.86. The van der Waals surface area contributed by atoms with Crippen molar-refractivity contribution in [3.63, 3.8) is 0 Å². The molecule has 0 amide bonds. The zero-order valence-electron chi connectivity index (χ0n) is 9.00. The Labute approximate surface area is 110 Å². The largest absolute Gasteiger partial charge is 0.384 e. The average molecular weight is 317 g/mol. The minimum absolute atomic E-state index is 0.149. The number of benzene rings is 2. The van der Waals surface area contributed by atoms with E-state index in [1.54, 1.807) is 0 Å². The Morgan fingerprint density at radius 3 is 2.28 bits per heavy atom. The van der Waals surface area contributed by atoms with E-state index in [1.165, 1.54) is 12.1 Å². The smallest absolute Gasteiger partial charge is 0.137 e. The molecule has 1 unspecified atom stereocenters. The Morgan fingerprint density at radius 1 is 0.944 bits per heavy atom. The molecule has 1 atom stereocenters. The highest BCUT2D eigenvalue weighted by atomic mass is 79.9. The minimum atomic E-state index is -1.35. The van der Waals surface area contributed by atoms with E-state index < -0.39 is 23.6 Å². The normalized spacial score (nSPS) is 12.5. The van der Waals surface area contributed by atoms with Crippen molar-refractivity contribution >= 4 is 15.9 Å². The number of hydrogen-bond acceptors (Lipinski definition) is 1. The molecular weight excluding hydrogens is 309 g/mol. The summed E-state index contributed by atoms with van der Waals surface area (Å²) in [5, 5.41) is 9.96. The molecule has 94 valence electrons. The van der Waals surface area contributed by atoms with Gasteiger partial charge in [0.25, 0.3) is 0 Å². The lowest BCUT2D eigenvalue weighted by Crippen LogP contribution is -2.03. The van der Waals surface area contributed by atoms with Gasteiger partial charge >= 0.3 is 0 Å². The first-order valence-corrected chi connectivity index (χ1v) is 5.86. The molecule has 0 aliphatic carbocycles. The van der Waals surface area contributed by atoms with E-state index in [-0.39, 0.29) is 15.6 Å². The summed E-state index contributed by atoms with van der Waals surface area (Å²) >= 11 is 2.97. The first-order chi connectivity index (χ1) is 8.49. The molecule has 0 fully saturated rings. The number of aliphatic hydroxyl groups excluding tert-OH is 1. The fraction of sp³-hybridized carbons (Fsp3) is 0.0769. The lowest BCUT2D eigenvalue weighted by Gasteiger charge is -2.13. The van der Waals surface area contributed by atoms with E-state index >= 15 is 0 Å². The molecule has 0 aliphatic heterocycles. The maximum absolute atomic E-state index is 13.5. The Kier molecular flexibility index (Phi) is 3.73. The Bertz CT molecular complexity index is 586. The van der Waals surface area contributed by atoms with Crippen LogP contribution in [0.25, 0.3) is 0 Å². The highest BCUT2D eigenvalue weighted by Gasteiger charge is 2.17. The van der Waals surface area contributed by atoms with Crippen LogP contribution in [0.2, 0.25) is 0 Å². The second-order valence-corrected chi connectivity index (χ2v) is 4.60. The standard InChI is InChI=1S/C13H8BrF3O/c14-10-5-7(1-3-12(10)17)13(18)9-6-8(15)2-4-11(9)16/h1-6,13,18H. The molecule has 0 aromatic heterocycles. The van der Waals surface area contributed by atoms with Crippen molar-refractivity contribution in [2.45, 2.75) is 6.10 Å². The molecule has 0 bridgehead atoms. The van der Waals surface area contributed by atoms with E-state index in [4.69, 9.17) is 0 Å². The number of hydrogen-bond donors (Lipinski definition) is 1. The molecule has 5 heteroatoms. The first kappa shape index (κ1) is 13.1.